The molecule has 2 fully saturated rings. The molecule has 0 aliphatic carbocycles. The molecule has 3 rings (SSSR count). The first-order chi connectivity index (χ1) is 8.36. The normalized spacial score (nSPS) is 32.9. The predicted octanol–water partition coefficient (Wildman–Crippen LogP) is 2.16. The summed E-state index contributed by atoms with van der Waals surface area (Å²) in [5.41, 5.74) is 3.87. The zero-order chi connectivity index (χ0) is 11.7. The van der Waals surface area contributed by atoms with Gasteiger partial charge < -0.3 is 5.21 Å². The van der Waals surface area contributed by atoms with Crippen LogP contribution in [0.2, 0.25) is 0 Å². The third-order valence-electron chi connectivity index (χ3n) is 4.27. The third-order valence-corrected chi connectivity index (χ3v) is 4.27. The molecule has 2 heterocycles. The second kappa shape index (κ2) is 4.77. The number of nitrogens with zero attached hydrogens (tertiary/aromatic N) is 1. The van der Waals surface area contributed by atoms with E-state index in [1.807, 2.05) is 0 Å². The van der Waals surface area contributed by atoms with Crippen LogP contribution >= 0.6 is 0 Å². The molecule has 2 aliphatic rings. The van der Waals surface area contributed by atoms with Crippen LogP contribution in [0.4, 0.5) is 0 Å². The summed E-state index contributed by atoms with van der Waals surface area (Å²) in [5.74, 6) is 0. The lowest BCUT2D eigenvalue weighted by Crippen LogP contribution is -2.47. The van der Waals surface area contributed by atoms with E-state index in [0.717, 1.165) is 19.4 Å². The van der Waals surface area contributed by atoms with Gasteiger partial charge in [0.05, 0.1) is 0 Å². The second-order valence-corrected chi connectivity index (χ2v) is 5.34. The van der Waals surface area contributed by atoms with Crippen LogP contribution in [-0.4, -0.2) is 28.2 Å². The summed E-state index contributed by atoms with van der Waals surface area (Å²) in [7, 11) is 0. The lowest BCUT2D eigenvalue weighted by atomic mass is 9.97. The SMILES string of the molecule is ONC1CC2CCC(C1)N2Cc1ccccc1. The summed E-state index contributed by atoms with van der Waals surface area (Å²) in [6, 6.07) is 12.3. The van der Waals surface area contributed by atoms with Gasteiger partial charge >= 0.3 is 0 Å². The predicted molar refractivity (Wildman–Crippen MR) is 66.7 cm³/mol. The molecule has 2 aliphatic heterocycles. The number of hydrogen-bond acceptors (Lipinski definition) is 3. The highest BCUT2D eigenvalue weighted by Gasteiger charge is 2.40. The van der Waals surface area contributed by atoms with Crippen molar-refractivity contribution >= 4 is 0 Å². The molecule has 3 heteroatoms. The molecule has 2 bridgehead atoms. The van der Waals surface area contributed by atoms with Gasteiger partial charge in [-0.1, -0.05) is 30.3 Å². The number of hydroxylamine groups is 1. The average Bonchev–Trinajstić information content (AvgIpc) is 2.63. The van der Waals surface area contributed by atoms with Gasteiger partial charge in [-0.25, -0.2) is 5.48 Å². The highest BCUT2D eigenvalue weighted by molar-refractivity contribution is 5.15. The molecule has 1 aromatic rings. The Labute approximate surface area is 102 Å². The van der Waals surface area contributed by atoms with Crippen molar-refractivity contribution in [2.75, 3.05) is 0 Å². The van der Waals surface area contributed by atoms with Gasteiger partial charge in [-0.15, -0.1) is 0 Å². The van der Waals surface area contributed by atoms with Gasteiger partial charge in [0.25, 0.3) is 0 Å². The molecular weight excluding hydrogens is 212 g/mol. The average molecular weight is 232 g/mol. The van der Waals surface area contributed by atoms with Crippen LogP contribution in [0.3, 0.4) is 0 Å². The minimum atomic E-state index is 0.305. The van der Waals surface area contributed by atoms with Crippen molar-refractivity contribution in [1.29, 1.82) is 0 Å². The van der Waals surface area contributed by atoms with Crippen LogP contribution < -0.4 is 5.48 Å². The number of piperidine rings is 1. The van der Waals surface area contributed by atoms with Crippen LogP contribution in [-0.2, 0) is 6.54 Å². The van der Waals surface area contributed by atoms with Crippen molar-refractivity contribution in [3.05, 3.63) is 35.9 Å². The van der Waals surface area contributed by atoms with E-state index >= 15 is 0 Å². The Kier molecular flexibility index (Phi) is 3.14. The molecular formula is C14H20N2O. The van der Waals surface area contributed by atoms with E-state index in [0.29, 0.717) is 18.1 Å². The number of nitrogens with one attached hydrogen (secondary N) is 1. The van der Waals surface area contributed by atoms with Crippen molar-refractivity contribution in [3.63, 3.8) is 0 Å². The maximum Gasteiger partial charge on any atom is 0.0349 e. The van der Waals surface area contributed by atoms with E-state index in [2.05, 4.69) is 40.7 Å². The molecule has 2 atom stereocenters. The fourth-order valence-corrected chi connectivity index (χ4v) is 3.43. The summed E-state index contributed by atoms with van der Waals surface area (Å²) in [5, 5.41) is 9.06. The first-order valence-electron chi connectivity index (χ1n) is 6.56. The summed E-state index contributed by atoms with van der Waals surface area (Å²) >= 11 is 0. The van der Waals surface area contributed by atoms with Crippen LogP contribution in [0.1, 0.15) is 31.2 Å². The lowest BCUT2D eigenvalue weighted by Gasteiger charge is -2.38. The van der Waals surface area contributed by atoms with E-state index < -0.39 is 0 Å². The van der Waals surface area contributed by atoms with Crippen molar-refractivity contribution in [3.8, 4) is 0 Å². The topological polar surface area (TPSA) is 35.5 Å². The Balaban J connectivity index is 1.69. The fourth-order valence-electron chi connectivity index (χ4n) is 3.43. The molecule has 2 saturated heterocycles. The highest BCUT2D eigenvalue weighted by Crippen LogP contribution is 2.36. The molecule has 92 valence electrons. The van der Waals surface area contributed by atoms with E-state index in [9.17, 15) is 0 Å². The van der Waals surface area contributed by atoms with Crippen LogP contribution in [0.15, 0.2) is 30.3 Å². The Hall–Kier alpha value is -0.900. The second-order valence-electron chi connectivity index (χ2n) is 5.34. The summed E-state index contributed by atoms with van der Waals surface area (Å²) in [4.78, 5) is 2.63. The number of hydrogen-bond donors (Lipinski definition) is 2. The zero-order valence-electron chi connectivity index (χ0n) is 10.0. The first kappa shape index (κ1) is 11.2. The van der Waals surface area contributed by atoms with Crippen LogP contribution in [0.5, 0.6) is 0 Å². The van der Waals surface area contributed by atoms with Crippen molar-refractivity contribution in [2.45, 2.75) is 50.4 Å². The minimum Gasteiger partial charge on any atom is -0.317 e. The first-order valence-corrected chi connectivity index (χ1v) is 6.56. The number of rotatable bonds is 3. The van der Waals surface area contributed by atoms with Gasteiger partial charge in [0.2, 0.25) is 0 Å². The van der Waals surface area contributed by atoms with Crippen molar-refractivity contribution < 1.29 is 5.21 Å². The maximum atomic E-state index is 9.06. The molecule has 2 N–H and O–H groups in total. The standard InChI is InChI=1S/C14H20N2O/c17-15-12-8-13-6-7-14(9-12)16(13)10-11-4-2-1-3-5-11/h1-5,12-15,17H,6-10H2. The molecule has 3 nitrogen and oxygen atoms in total. The van der Waals surface area contributed by atoms with Gasteiger partial charge in [0.1, 0.15) is 0 Å². The fraction of sp³-hybridized carbons (Fsp3) is 0.571. The third kappa shape index (κ3) is 2.23. The molecule has 0 spiro atoms. The molecule has 0 amide bonds. The Morgan fingerprint density at radius 2 is 1.76 bits per heavy atom. The quantitative estimate of drug-likeness (QED) is 0.784. The summed E-state index contributed by atoms with van der Waals surface area (Å²) in [6.45, 7) is 1.06. The van der Waals surface area contributed by atoms with Crippen molar-refractivity contribution in [2.24, 2.45) is 0 Å². The maximum absolute atomic E-state index is 9.06. The monoisotopic (exact) mass is 232 g/mol. The molecule has 17 heavy (non-hydrogen) atoms. The van der Waals surface area contributed by atoms with Gasteiger partial charge in [-0.05, 0) is 31.2 Å². The van der Waals surface area contributed by atoms with E-state index in [1.165, 1.54) is 18.4 Å². The Morgan fingerprint density at radius 3 is 2.35 bits per heavy atom. The van der Waals surface area contributed by atoms with E-state index in [4.69, 9.17) is 5.21 Å². The van der Waals surface area contributed by atoms with Crippen LogP contribution in [0, 0.1) is 0 Å². The Morgan fingerprint density at radius 1 is 1.12 bits per heavy atom. The molecule has 1 aromatic carbocycles. The Bertz CT molecular complexity index is 354. The summed E-state index contributed by atoms with van der Waals surface area (Å²) < 4.78 is 0. The molecule has 0 radical (unpaired) electrons. The molecule has 0 aromatic heterocycles. The lowest BCUT2D eigenvalue weighted by molar-refractivity contribution is 0.0451. The zero-order valence-corrected chi connectivity index (χ0v) is 10.0. The number of benzene rings is 1. The van der Waals surface area contributed by atoms with Crippen molar-refractivity contribution in [1.82, 2.24) is 10.4 Å². The van der Waals surface area contributed by atoms with Gasteiger partial charge in [0, 0.05) is 24.7 Å². The minimum absolute atomic E-state index is 0.305. The highest BCUT2D eigenvalue weighted by atomic mass is 16.5. The number of fused-ring (bicyclic) bond motifs is 2. The van der Waals surface area contributed by atoms with Gasteiger partial charge in [0.15, 0.2) is 0 Å². The smallest absolute Gasteiger partial charge is 0.0349 e. The van der Waals surface area contributed by atoms with Crippen LogP contribution in [0.25, 0.3) is 0 Å². The summed E-state index contributed by atoms with van der Waals surface area (Å²) in [6.07, 6.45) is 4.74. The van der Waals surface area contributed by atoms with E-state index in [-0.39, 0.29) is 0 Å². The van der Waals surface area contributed by atoms with E-state index in [1.54, 1.807) is 0 Å². The molecule has 2 unspecified atom stereocenters. The largest absolute Gasteiger partial charge is 0.317 e. The van der Waals surface area contributed by atoms with Gasteiger partial charge in [-0.2, -0.15) is 0 Å². The van der Waals surface area contributed by atoms with Gasteiger partial charge in [-0.3, -0.25) is 4.90 Å². The molecule has 0 saturated carbocycles.